The number of H-pyrrole nitrogens is 1. The SMILES string of the molecule is O=C(O)c1ccnc2nc(C3CCCCS3)[nH]c12. The van der Waals surface area contributed by atoms with Gasteiger partial charge < -0.3 is 10.1 Å². The van der Waals surface area contributed by atoms with Crippen LogP contribution in [0.5, 0.6) is 0 Å². The number of aromatic carboxylic acids is 1. The zero-order valence-electron chi connectivity index (χ0n) is 9.72. The van der Waals surface area contributed by atoms with Crippen LogP contribution in [0.2, 0.25) is 0 Å². The van der Waals surface area contributed by atoms with Crippen LogP contribution < -0.4 is 0 Å². The number of carboxylic acids is 1. The lowest BCUT2D eigenvalue weighted by Gasteiger charge is -2.18. The van der Waals surface area contributed by atoms with E-state index in [1.54, 1.807) is 0 Å². The molecule has 3 heterocycles. The van der Waals surface area contributed by atoms with Gasteiger partial charge >= 0.3 is 5.97 Å². The third-order valence-electron chi connectivity index (χ3n) is 3.13. The molecule has 2 aromatic rings. The van der Waals surface area contributed by atoms with Crippen molar-refractivity contribution < 1.29 is 9.90 Å². The van der Waals surface area contributed by atoms with E-state index in [1.807, 2.05) is 11.8 Å². The highest BCUT2D eigenvalue weighted by atomic mass is 32.2. The molecule has 2 aromatic heterocycles. The Morgan fingerprint density at radius 3 is 3.11 bits per heavy atom. The lowest BCUT2D eigenvalue weighted by atomic mass is 10.2. The molecule has 3 rings (SSSR count). The first-order valence-corrected chi connectivity index (χ1v) is 7.00. The van der Waals surface area contributed by atoms with Crippen molar-refractivity contribution in [2.24, 2.45) is 0 Å². The standard InChI is InChI=1S/C12H13N3O2S/c16-12(17)7-4-5-13-11-9(7)14-10(15-11)8-3-1-2-6-18-8/h4-5,8H,1-3,6H2,(H,16,17)(H,13,14,15). The molecular weight excluding hydrogens is 250 g/mol. The van der Waals surface area contributed by atoms with Crippen LogP contribution in [0.15, 0.2) is 12.3 Å². The Morgan fingerprint density at radius 1 is 1.50 bits per heavy atom. The molecule has 0 aromatic carbocycles. The summed E-state index contributed by atoms with van der Waals surface area (Å²) in [4.78, 5) is 22.8. The molecular formula is C12H13N3O2S. The van der Waals surface area contributed by atoms with Crippen LogP contribution >= 0.6 is 11.8 Å². The second kappa shape index (κ2) is 4.61. The molecule has 0 aliphatic carbocycles. The average molecular weight is 263 g/mol. The van der Waals surface area contributed by atoms with Gasteiger partial charge in [-0.3, -0.25) is 0 Å². The van der Waals surface area contributed by atoms with Crippen LogP contribution in [-0.2, 0) is 0 Å². The van der Waals surface area contributed by atoms with Crippen molar-refractivity contribution in [2.45, 2.75) is 24.5 Å². The predicted molar refractivity (Wildman–Crippen MR) is 69.9 cm³/mol. The van der Waals surface area contributed by atoms with Crippen LogP contribution in [0.1, 0.15) is 40.7 Å². The highest BCUT2D eigenvalue weighted by Gasteiger charge is 2.21. The summed E-state index contributed by atoms with van der Waals surface area (Å²) < 4.78 is 0. The zero-order valence-corrected chi connectivity index (χ0v) is 10.5. The van der Waals surface area contributed by atoms with Gasteiger partial charge in [-0.05, 0) is 24.7 Å². The maximum absolute atomic E-state index is 11.1. The number of rotatable bonds is 2. The highest BCUT2D eigenvalue weighted by molar-refractivity contribution is 7.99. The fraction of sp³-hybridized carbons (Fsp3) is 0.417. The van der Waals surface area contributed by atoms with Crippen LogP contribution in [0, 0.1) is 0 Å². The van der Waals surface area contributed by atoms with Gasteiger partial charge in [0.1, 0.15) is 5.82 Å². The number of carbonyl (C=O) groups is 1. The van der Waals surface area contributed by atoms with E-state index >= 15 is 0 Å². The van der Waals surface area contributed by atoms with Gasteiger partial charge in [-0.25, -0.2) is 14.8 Å². The van der Waals surface area contributed by atoms with E-state index in [1.165, 1.54) is 25.1 Å². The van der Waals surface area contributed by atoms with Crippen molar-refractivity contribution in [3.05, 3.63) is 23.7 Å². The molecule has 94 valence electrons. The second-order valence-corrected chi connectivity index (χ2v) is 5.65. The molecule has 1 saturated heterocycles. The average Bonchev–Trinajstić information content (AvgIpc) is 2.83. The molecule has 0 radical (unpaired) electrons. The fourth-order valence-corrected chi connectivity index (χ4v) is 3.47. The number of nitrogens with zero attached hydrogens (tertiary/aromatic N) is 2. The summed E-state index contributed by atoms with van der Waals surface area (Å²) in [6, 6.07) is 1.50. The molecule has 5 nitrogen and oxygen atoms in total. The zero-order chi connectivity index (χ0) is 12.5. The Balaban J connectivity index is 2.04. The first-order valence-electron chi connectivity index (χ1n) is 5.95. The number of hydrogen-bond acceptors (Lipinski definition) is 4. The summed E-state index contributed by atoms with van der Waals surface area (Å²) in [5, 5.41) is 9.46. The molecule has 0 spiro atoms. The molecule has 1 unspecified atom stereocenters. The molecule has 1 aliphatic rings. The monoisotopic (exact) mass is 263 g/mol. The Bertz CT molecular complexity index is 590. The smallest absolute Gasteiger partial charge is 0.338 e. The Morgan fingerprint density at radius 2 is 2.39 bits per heavy atom. The van der Waals surface area contributed by atoms with Gasteiger partial charge in [0.05, 0.1) is 16.3 Å². The summed E-state index contributed by atoms with van der Waals surface area (Å²) in [5.41, 5.74) is 1.27. The van der Waals surface area contributed by atoms with E-state index in [0.29, 0.717) is 16.4 Å². The van der Waals surface area contributed by atoms with Gasteiger partial charge in [-0.1, -0.05) is 6.42 Å². The molecule has 1 atom stereocenters. The minimum Gasteiger partial charge on any atom is -0.478 e. The number of nitrogens with one attached hydrogen (secondary N) is 1. The number of thioether (sulfide) groups is 1. The summed E-state index contributed by atoms with van der Waals surface area (Å²) in [7, 11) is 0. The number of aromatic amines is 1. The Hall–Kier alpha value is -1.56. The number of fused-ring (bicyclic) bond motifs is 1. The van der Waals surface area contributed by atoms with Gasteiger partial charge in [0.25, 0.3) is 0 Å². The first-order chi connectivity index (χ1) is 8.75. The number of pyridine rings is 1. The topological polar surface area (TPSA) is 78.9 Å². The maximum Gasteiger partial charge on any atom is 0.338 e. The van der Waals surface area contributed by atoms with Crippen molar-refractivity contribution in [1.82, 2.24) is 15.0 Å². The number of imidazole rings is 1. The fourth-order valence-electron chi connectivity index (χ4n) is 2.22. The second-order valence-electron chi connectivity index (χ2n) is 4.34. The van der Waals surface area contributed by atoms with Crippen LogP contribution in [0.4, 0.5) is 0 Å². The lowest BCUT2D eigenvalue weighted by molar-refractivity contribution is 0.0698. The summed E-state index contributed by atoms with van der Waals surface area (Å²) in [6.45, 7) is 0. The Kier molecular flexibility index (Phi) is 2.95. The number of aromatic nitrogens is 3. The van der Waals surface area contributed by atoms with Crippen molar-refractivity contribution >= 4 is 28.9 Å². The van der Waals surface area contributed by atoms with E-state index in [4.69, 9.17) is 5.11 Å². The molecule has 6 heteroatoms. The van der Waals surface area contributed by atoms with Gasteiger partial charge in [0, 0.05) is 6.20 Å². The third kappa shape index (κ3) is 1.96. The normalized spacial score (nSPS) is 20.1. The first kappa shape index (κ1) is 11.5. The van der Waals surface area contributed by atoms with Gasteiger partial charge in [-0.15, -0.1) is 0 Å². The maximum atomic E-state index is 11.1. The van der Waals surface area contributed by atoms with Crippen LogP contribution in [0.3, 0.4) is 0 Å². The molecule has 2 N–H and O–H groups in total. The molecule has 0 bridgehead atoms. The van der Waals surface area contributed by atoms with Crippen LogP contribution in [-0.4, -0.2) is 31.8 Å². The number of hydrogen-bond donors (Lipinski definition) is 2. The quantitative estimate of drug-likeness (QED) is 0.870. The van der Waals surface area contributed by atoms with Crippen molar-refractivity contribution in [2.75, 3.05) is 5.75 Å². The van der Waals surface area contributed by atoms with Gasteiger partial charge in [0.2, 0.25) is 0 Å². The summed E-state index contributed by atoms with van der Waals surface area (Å²) >= 11 is 1.88. The van der Waals surface area contributed by atoms with E-state index in [-0.39, 0.29) is 5.56 Å². The summed E-state index contributed by atoms with van der Waals surface area (Å²) in [5.74, 6) is 1.05. The van der Waals surface area contributed by atoms with E-state index < -0.39 is 5.97 Å². The molecule has 1 aliphatic heterocycles. The van der Waals surface area contributed by atoms with Crippen molar-refractivity contribution in [3.8, 4) is 0 Å². The molecule has 0 saturated carbocycles. The number of carboxylic acid groups (broad SMARTS) is 1. The van der Waals surface area contributed by atoms with E-state index in [2.05, 4.69) is 15.0 Å². The van der Waals surface area contributed by atoms with E-state index in [0.717, 1.165) is 18.0 Å². The minimum absolute atomic E-state index is 0.236. The van der Waals surface area contributed by atoms with Crippen LogP contribution in [0.25, 0.3) is 11.2 Å². The van der Waals surface area contributed by atoms with Gasteiger partial charge in [-0.2, -0.15) is 11.8 Å². The Labute approximate surface area is 108 Å². The highest BCUT2D eigenvalue weighted by Crippen LogP contribution is 2.37. The molecule has 18 heavy (non-hydrogen) atoms. The largest absolute Gasteiger partial charge is 0.478 e. The summed E-state index contributed by atoms with van der Waals surface area (Å²) in [6.07, 6.45) is 5.03. The molecule has 0 amide bonds. The van der Waals surface area contributed by atoms with Crippen molar-refractivity contribution in [3.63, 3.8) is 0 Å². The van der Waals surface area contributed by atoms with E-state index in [9.17, 15) is 4.79 Å². The third-order valence-corrected chi connectivity index (χ3v) is 4.51. The van der Waals surface area contributed by atoms with Gasteiger partial charge in [0.15, 0.2) is 5.65 Å². The molecule has 1 fully saturated rings. The lowest BCUT2D eigenvalue weighted by Crippen LogP contribution is -2.03. The minimum atomic E-state index is -0.950. The predicted octanol–water partition coefficient (Wildman–Crippen LogP) is 2.61. The van der Waals surface area contributed by atoms with Crippen molar-refractivity contribution in [1.29, 1.82) is 0 Å².